The van der Waals surface area contributed by atoms with Crippen molar-refractivity contribution >= 4 is 22.6 Å². The quantitative estimate of drug-likeness (QED) is 0.483. The molecule has 0 aliphatic heterocycles. The maximum absolute atomic E-state index is 13.1. The molecule has 0 aliphatic rings. The first-order valence-electron chi connectivity index (χ1n) is 10.2. The van der Waals surface area contributed by atoms with E-state index in [2.05, 4.69) is 10.3 Å². The van der Waals surface area contributed by atoms with Gasteiger partial charge in [0.05, 0.1) is 20.5 Å². The van der Waals surface area contributed by atoms with Gasteiger partial charge in [-0.25, -0.2) is 4.98 Å². The zero-order chi connectivity index (χ0) is 22.7. The van der Waals surface area contributed by atoms with Crippen LogP contribution in [0.15, 0.2) is 65.8 Å². The van der Waals surface area contributed by atoms with E-state index in [0.29, 0.717) is 34.8 Å². The Hall–Kier alpha value is -4.07. The van der Waals surface area contributed by atoms with E-state index in [1.807, 2.05) is 37.3 Å². The van der Waals surface area contributed by atoms with Crippen LogP contribution in [0.4, 0.5) is 5.69 Å². The fraction of sp³-hybridized carbons (Fsp3) is 0.208. The third-order valence-corrected chi connectivity index (χ3v) is 5.22. The monoisotopic (exact) mass is 432 g/mol. The van der Waals surface area contributed by atoms with Crippen molar-refractivity contribution in [1.29, 1.82) is 0 Å². The van der Waals surface area contributed by atoms with E-state index < -0.39 is 0 Å². The summed E-state index contributed by atoms with van der Waals surface area (Å²) in [7, 11) is 3.09. The van der Waals surface area contributed by atoms with Crippen molar-refractivity contribution in [2.45, 2.75) is 20.0 Å². The highest BCUT2D eigenvalue weighted by Crippen LogP contribution is 2.28. The lowest BCUT2D eigenvalue weighted by molar-refractivity contribution is -0.116. The standard InChI is InChI=1S/C24H24N4O4/c1-4-27-15-25-22-20(16-8-6-5-7-9-16)13-28(23(22)24(27)30)14-21(29)26-17-10-18(31-2)12-19(11-17)32-3/h5-13,15H,4,14H2,1-3H3,(H,26,29). The number of rotatable bonds is 7. The summed E-state index contributed by atoms with van der Waals surface area (Å²) in [4.78, 5) is 30.5. The summed E-state index contributed by atoms with van der Waals surface area (Å²) >= 11 is 0. The van der Waals surface area contributed by atoms with Crippen LogP contribution < -0.4 is 20.3 Å². The Kier molecular flexibility index (Phi) is 5.93. The topological polar surface area (TPSA) is 87.4 Å². The maximum Gasteiger partial charge on any atom is 0.277 e. The first-order valence-corrected chi connectivity index (χ1v) is 10.2. The number of methoxy groups -OCH3 is 2. The summed E-state index contributed by atoms with van der Waals surface area (Å²) in [5.41, 5.74) is 3.05. The van der Waals surface area contributed by atoms with Crippen molar-refractivity contribution in [3.05, 3.63) is 71.4 Å². The largest absolute Gasteiger partial charge is 0.497 e. The molecule has 1 amide bonds. The fourth-order valence-electron chi connectivity index (χ4n) is 3.63. The molecule has 2 heterocycles. The molecular weight excluding hydrogens is 408 g/mol. The number of benzene rings is 2. The molecular formula is C24H24N4O4. The van der Waals surface area contributed by atoms with Gasteiger partial charge in [0.15, 0.2) is 0 Å². The molecule has 164 valence electrons. The van der Waals surface area contributed by atoms with Gasteiger partial charge in [-0.2, -0.15) is 0 Å². The number of hydrogen-bond donors (Lipinski definition) is 1. The second-order valence-corrected chi connectivity index (χ2v) is 7.22. The molecule has 1 N–H and O–H groups in total. The summed E-state index contributed by atoms with van der Waals surface area (Å²) < 4.78 is 13.7. The van der Waals surface area contributed by atoms with Crippen molar-refractivity contribution in [1.82, 2.24) is 14.1 Å². The second kappa shape index (κ2) is 8.97. The third-order valence-electron chi connectivity index (χ3n) is 5.22. The molecule has 2 aromatic heterocycles. The summed E-state index contributed by atoms with van der Waals surface area (Å²) in [5, 5.41) is 2.85. The number of amides is 1. The predicted molar refractivity (Wildman–Crippen MR) is 123 cm³/mol. The summed E-state index contributed by atoms with van der Waals surface area (Å²) in [6, 6.07) is 14.8. The van der Waals surface area contributed by atoms with Crippen LogP contribution >= 0.6 is 0 Å². The lowest BCUT2D eigenvalue weighted by Crippen LogP contribution is -2.24. The van der Waals surface area contributed by atoms with Crippen molar-refractivity contribution < 1.29 is 14.3 Å². The van der Waals surface area contributed by atoms with Gasteiger partial charge in [-0.15, -0.1) is 0 Å². The molecule has 0 bridgehead atoms. The van der Waals surface area contributed by atoms with Crippen LogP contribution in [-0.4, -0.2) is 34.2 Å². The first kappa shape index (κ1) is 21.2. The molecule has 8 nitrogen and oxygen atoms in total. The van der Waals surface area contributed by atoms with E-state index in [-0.39, 0.29) is 18.0 Å². The van der Waals surface area contributed by atoms with Gasteiger partial charge in [0.2, 0.25) is 5.91 Å². The van der Waals surface area contributed by atoms with E-state index in [1.54, 1.807) is 49.5 Å². The van der Waals surface area contributed by atoms with Gasteiger partial charge in [-0.1, -0.05) is 30.3 Å². The number of aryl methyl sites for hydroxylation is 1. The summed E-state index contributed by atoms with van der Waals surface area (Å²) in [5.74, 6) is 0.836. The number of hydrogen-bond acceptors (Lipinski definition) is 5. The van der Waals surface area contributed by atoms with Gasteiger partial charge >= 0.3 is 0 Å². The third kappa shape index (κ3) is 4.07. The summed E-state index contributed by atoms with van der Waals surface area (Å²) in [6.07, 6.45) is 3.35. The normalized spacial score (nSPS) is 10.8. The Morgan fingerprint density at radius 2 is 1.72 bits per heavy atom. The predicted octanol–water partition coefficient (Wildman–Crippen LogP) is 3.54. The minimum atomic E-state index is -0.289. The number of nitrogens with zero attached hydrogens (tertiary/aromatic N) is 3. The zero-order valence-corrected chi connectivity index (χ0v) is 18.2. The summed E-state index contributed by atoms with van der Waals surface area (Å²) in [6.45, 7) is 2.32. The van der Waals surface area contributed by atoms with E-state index in [0.717, 1.165) is 11.1 Å². The number of nitrogens with one attached hydrogen (secondary N) is 1. The van der Waals surface area contributed by atoms with E-state index >= 15 is 0 Å². The highest BCUT2D eigenvalue weighted by Gasteiger charge is 2.18. The Bertz CT molecular complexity index is 1300. The first-order chi connectivity index (χ1) is 15.5. The Morgan fingerprint density at radius 1 is 1.03 bits per heavy atom. The zero-order valence-electron chi connectivity index (χ0n) is 18.2. The van der Waals surface area contributed by atoms with E-state index in [9.17, 15) is 9.59 Å². The molecule has 4 aromatic rings. The average Bonchev–Trinajstić information content (AvgIpc) is 3.18. The Balaban J connectivity index is 1.73. The second-order valence-electron chi connectivity index (χ2n) is 7.22. The molecule has 0 atom stereocenters. The van der Waals surface area contributed by atoms with Gasteiger partial charge < -0.3 is 19.4 Å². The molecule has 4 rings (SSSR count). The fourth-order valence-corrected chi connectivity index (χ4v) is 3.63. The smallest absolute Gasteiger partial charge is 0.277 e. The van der Waals surface area contributed by atoms with Crippen LogP contribution in [0.1, 0.15) is 6.92 Å². The number of anilines is 1. The number of carbonyl (C=O) groups is 1. The molecule has 0 saturated carbocycles. The van der Waals surface area contributed by atoms with Crippen LogP contribution in [0.5, 0.6) is 11.5 Å². The van der Waals surface area contributed by atoms with Gasteiger partial charge in [0.1, 0.15) is 29.1 Å². The SMILES string of the molecule is CCn1cnc2c(-c3ccccc3)cn(CC(=O)Nc3cc(OC)cc(OC)c3)c2c1=O. The van der Waals surface area contributed by atoms with Crippen LogP contribution in [0.3, 0.4) is 0 Å². The van der Waals surface area contributed by atoms with Crippen LogP contribution in [0, 0.1) is 0 Å². The molecule has 0 saturated heterocycles. The van der Waals surface area contributed by atoms with Gasteiger partial charge in [0, 0.05) is 42.2 Å². The van der Waals surface area contributed by atoms with E-state index in [4.69, 9.17) is 9.47 Å². The Labute approximate surface area is 185 Å². The van der Waals surface area contributed by atoms with Crippen molar-refractivity contribution in [2.75, 3.05) is 19.5 Å². The number of aromatic nitrogens is 3. The average molecular weight is 432 g/mol. The number of carbonyl (C=O) groups excluding carboxylic acids is 1. The maximum atomic E-state index is 13.1. The van der Waals surface area contributed by atoms with Crippen LogP contribution in [0.2, 0.25) is 0 Å². The van der Waals surface area contributed by atoms with Crippen molar-refractivity contribution in [3.8, 4) is 22.6 Å². The minimum Gasteiger partial charge on any atom is -0.497 e. The molecule has 0 radical (unpaired) electrons. The van der Waals surface area contributed by atoms with Gasteiger partial charge in [-0.05, 0) is 12.5 Å². The molecule has 32 heavy (non-hydrogen) atoms. The van der Waals surface area contributed by atoms with Crippen molar-refractivity contribution in [2.24, 2.45) is 0 Å². The van der Waals surface area contributed by atoms with Gasteiger partial charge in [0.25, 0.3) is 5.56 Å². The molecule has 2 aromatic carbocycles. The number of ether oxygens (including phenoxy) is 2. The lowest BCUT2D eigenvalue weighted by Gasteiger charge is -2.11. The Morgan fingerprint density at radius 3 is 2.34 bits per heavy atom. The van der Waals surface area contributed by atoms with Crippen LogP contribution in [-0.2, 0) is 17.9 Å². The molecule has 0 fully saturated rings. The number of fused-ring (bicyclic) bond motifs is 1. The minimum absolute atomic E-state index is 0.0481. The molecule has 8 heteroatoms. The van der Waals surface area contributed by atoms with Crippen LogP contribution in [0.25, 0.3) is 22.2 Å². The van der Waals surface area contributed by atoms with Gasteiger partial charge in [-0.3, -0.25) is 14.2 Å². The molecule has 0 unspecified atom stereocenters. The van der Waals surface area contributed by atoms with Crippen molar-refractivity contribution in [3.63, 3.8) is 0 Å². The molecule has 0 aliphatic carbocycles. The lowest BCUT2D eigenvalue weighted by atomic mass is 10.1. The molecule has 0 spiro atoms. The highest BCUT2D eigenvalue weighted by molar-refractivity contribution is 5.95. The van der Waals surface area contributed by atoms with E-state index in [1.165, 1.54) is 4.57 Å². The highest BCUT2D eigenvalue weighted by atomic mass is 16.5.